The van der Waals surface area contributed by atoms with Crippen molar-refractivity contribution in [2.24, 2.45) is 0 Å². The highest BCUT2D eigenvalue weighted by Crippen LogP contribution is 2.33. The van der Waals surface area contributed by atoms with E-state index in [4.69, 9.17) is 9.47 Å². The number of methoxy groups -OCH3 is 2. The predicted molar refractivity (Wildman–Crippen MR) is 117 cm³/mol. The molecule has 0 saturated heterocycles. The number of carbonyl (C=O) groups excluding carboxylic acids is 2. The molecule has 0 bridgehead atoms. The molecule has 2 aromatic rings. The molecule has 0 aliphatic rings. The first-order valence-corrected chi connectivity index (χ1v) is 10.1. The zero-order valence-electron chi connectivity index (χ0n) is 17.7. The molecular weight excluding hydrogens is 388 g/mol. The van der Waals surface area contributed by atoms with Gasteiger partial charge in [-0.1, -0.05) is 12.1 Å². The minimum absolute atomic E-state index is 0.194. The van der Waals surface area contributed by atoms with Crippen LogP contribution in [0.1, 0.15) is 38.1 Å². The highest BCUT2D eigenvalue weighted by Gasteiger charge is 2.21. The van der Waals surface area contributed by atoms with E-state index in [1.807, 2.05) is 39.8 Å². The summed E-state index contributed by atoms with van der Waals surface area (Å²) in [6.45, 7) is 7.55. The van der Waals surface area contributed by atoms with Gasteiger partial charge < -0.3 is 20.1 Å². The lowest BCUT2D eigenvalue weighted by molar-refractivity contribution is -0.115. The fourth-order valence-electron chi connectivity index (χ4n) is 2.58. The molecule has 0 aliphatic heterocycles. The second kappa shape index (κ2) is 9.69. The Hall–Kier alpha value is -2.67. The molecule has 7 heteroatoms. The van der Waals surface area contributed by atoms with Gasteiger partial charge in [-0.25, -0.2) is 0 Å². The highest BCUT2D eigenvalue weighted by atomic mass is 32.2. The van der Waals surface area contributed by atoms with Gasteiger partial charge in [-0.3, -0.25) is 9.59 Å². The number of hydrogen-bond donors (Lipinski definition) is 2. The van der Waals surface area contributed by atoms with Gasteiger partial charge in [0.2, 0.25) is 5.91 Å². The SMILES string of the molecule is COc1ccc(SC(C)C(=O)Nc2ccccc2C(=O)NC(C)(C)C)cc1OC. The Morgan fingerprint density at radius 2 is 1.66 bits per heavy atom. The largest absolute Gasteiger partial charge is 0.493 e. The number of hydrogen-bond acceptors (Lipinski definition) is 5. The second-order valence-electron chi connectivity index (χ2n) is 7.52. The van der Waals surface area contributed by atoms with Crippen molar-refractivity contribution >= 4 is 29.3 Å². The Morgan fingerprint density at radius 1 is 1.00 bits per heavy atom. The van der Waals surface area contributed by atoms with Crippen LogP contribution in [0.5, 0.6) is 11.5 Å². The smallest absolute Gasteiger partial charge is 0.253 e. The van der Waals surface area contributed by atoms with E-state index in [9.17, 15) is 9.59 Å². The molecule has 2 amide bonds. The van der Waals surface area contributed by atoms with Gasteiger partial charge in [-0.05, 0) is 58.0 Å². The summed E-state index contributed by atoms with van der Waals surface area (Å²) in [7, 11) is 3.15. The van der Waals surface area contributed by atoms with E-state index >= 15 is 0 Å². The number of anilines is 1. The zero-order chi connectivity index (χ0) is 21.6. The Labute approximate surface area is 176 Å². The molecule has 2 N–H and O–H groups in total. The predicted octanol–water partition coefficient (Wildman–Crippen LogP) is 4.35. The summed E-state index contributed by atoms with van der Waals surface area (Å²) in [6.07, 6.45) is 0. The van der Waals surface area contributed by atoms with Crippen LogP contribution in [-0.4, -0.2) is 36.8 Å². The van der Waals surface area contributed by atoms with E-state index in [1.54, 1.807) is 44.6 Å². The maximum Gasteiger partial charge on any atom is 0.253 e. The molecule has 0 spiro atoms. The summed E-state index contributed by atoms with van der Waals surface area (Å²) >= 11 is 1.40. The maximum absolute atomic E-state index is 12.7. The first-order chi connectivity index (χ1) is 13.6. The zero-order valence-corrected chi connectivity index (χ0v) is 18.5. The van der Waals surface area contributed by atoms with Gasteiger partial charge in [0.05, 0.1) is 30.7 Å². The van der Waals surface area contributed by atoms with Crippen LogP contribution in [-0.2, 0) is 4.79 Å². The monoisotopic (exact) mass is 416 g/mol. The van der Waals surface area contributed by atoms with Crippen LogP contribution in [0, 0.1) is 0 Å². The van der Waals surface area contributed by atoms with Crippen LogP contribution in [0.2, 0.25) is 0 Å². The number of thioether (sulfide) groups is 1. The van der Waals surface area contributed by atoms with Gasteiger partial charge in [0.25, 0.3) is 5.91 Å². The molecule has 0 radical (unpaired) electrons. The molecule has 2 rings (SSSR count). The van der Waals surface area contributed by atoms with Crippen molar-refractivity contribution in [1.82, 2.24) is 5.32 Å². The first kappa shape index (κ1) is 22.6. The van der Waals surface area contributed by atoms with Crippen molar-refractivity contribution < 1.29 is 19.1 Å². The third-order valence-electron chi connectivity index (χ3n) is 3.96. The van der Waals surface area contributed by atoms with Gasteiger partial charge >= 0.3 is 0 Å². The fraction of sp³-hybridized carbons (Fsp3) is 0.364. The minimum Gasteiger partial charge on any atom is -0.493 e. The van der Waals surface area contributed by atoms with Gasteiger partial charge in [0.15, 0.2) is 11.5 Å². The maximum atomic E-state index is 12.7. The van der Waals surface area contributed by atoms with Crippen LogP contribution in [0.25, 0.3) is 0 Å². The number of benzene rings is 2. The average molecular weight is 417 g/mol. The molecule has 2 aromatic carbocycles. The quantitative estimate of drug-likeness (QED) is 0.656. The van der Waals surface area contributed by atoms with E-state index in [-0.39, 0.29) is 22.6 Å². The number of carbonyl (C=O) groups is 2. The molecule has 156 valence electrons. The second-order valence-corrected chi connectivity index (χ2v) is 8.93. The number of amides is 2. The first-order valence-electron chi connectivity index (χ1n) is 9.25. The number of para-hydroxylation sites is 1. The van der Waals surface area contributed by atoms with Crippen LogP contribution in [0.4, 0.5) is 5.69 Å². The van der Waals surface area contributed by atoms with Crippen molar-refractivity contribution in [3.63, 3.8) is 0 Å². The Morgan fingerprint density at radius 3 is 2.28 bits per heavy atom. The normalized spacial score (nSPS) is 12.1. The van der Waals surface area contributed by atoms with E-state index in [1.165, 1.54) is 11.8 Å². The molecule has 1 atom stereocenters. The molecule has 0 aromatic heterocycles. The number of rotatable bonds is 7. The molecule has 0 aliphatic carbocycles. The Kier molecular flexibility index (Phi) is 7.56. The van der Waals surface area contributed by atoms with E-state index < -0.39 is 0 Å². The molecule has 1 unspecified atom stereocenters. The van der Waals surface area contributed by atoms with Crippen LogP contribution >= 0.6 is 11.8 Å². The summed E-state index contributed by atoms with van der Waals surface area (Å²) in [4.78, 5) is 26.2. The topological polar surface area (TPSA) is 76.7 Å². The summed E-state index contributed by atoms with van der Waals surface area (Å²) in [6, 6.07) is 12.5. The van der Waals surface area contributed by atoms with Crippen LogP contribution in [0.15, 0.2) is 47.4 Å². The van der Waals surface area contributed by atoms with Crippen molar-refractivity contribution in [2.45, 2.75) is 43.4 Å². The van der Waals surface area contributed by atoms with Gasteiger partial charge in [0.1, 0.15) is 0 Å². The van der Waals surface area contributed by atoms with Gasteiger partial charge in [0, 0.05) is 10.4 Å². The lowest BCUT2D eigenvalue weighted by Gasteiger charge is -2.22. The Bertz CT molecular complexity index is 877. The standard InChI is InChI=1S/C22H28N2O4S/c1-14(29-15-11-12-18(27-5)19(13-15)28-6)20(25)23-17-10-8-7-9-16(17)21(26)24-22(2,3)4/h7-14H,1-6H3,(H,23,25)(H,24,26). The van der Waals surface area contributed by atoms with Crippen molar-refractivity contribution in [2.75, 3.05) is 19.5 Å². The van der Waals surface area contributed by atoms with Crippen molar-refractivity contribution in [3.8, 4) is 11.5 Å². The summed E-state index contributed by atoms with van der Waals surface area (Å²) in [5.74, 6) is 0.816. The molecule has 29 heavy (non-hydrogen) atoms. The van der Waals surface area contributed by atoms with Crippen molar-refractivity contribution in [3.05, 3.63) is 48.0 Å². The molecule has 0 saturated carbocycles. The average Bonchev–Trinajstić information content (AvgIpc) is 2.66. The van der Waals surface area contributed by atoms with Crippen LogP contribution < -0.4 is 20.1 Å². The van der Waals surface area contributed by atoms with Gasteiger partial charge in [-0.2, -0.15) is 0 Å². The third-order valence-corrected chi connectivity index (χ3v) is 5.05. The lowest BCUT2D eigenvalue weighted by Crippen LogP contribution is -2.41. The molecular formula is C22H28N2O4S. The Balaban J connectivity index is 2.11. The third kappa shape index (κ3) is 6.42. The van der Waals surface area contributed by atoms with Crippen molar-refractivity contribution in [1.29, 1.82) is 0 Å². The van der Waals surface area contributed by atoms with Crippen LogP contribution in [0.3, 0.4) is 0 Å². The van der Waals surface area contributed by atoms with E-state index in [2.05, 4.69) is 10.6 Å². The van der Waals surface area contributed by atoms with E-state index in [0.29, 0.717) is 22.7 Å². The summed E-state index contributed by atoms with van der Waals surface area (Å²) < 4.78 is 10.6. The molecule has 0 fully saturated rings. The van der Waals surface area contributed by atoms with E-state index in [0.717, 1.165) is 4.90 Å². The number of ether oxygens (including phenoxy) is 2. The molecule has 6 nitrogen and oxygen atoms in total. The molecule has 0 heterocycles. The summed E-state index contributed by atoms with van der Waals surface area (Å²) in [5, 5.41) is 5.41. The summed E-state index contributed by atoms with van der Waals surface area (Å²) in [5.41, 5.74) is 0.545. The number of nitrogens with one attached hydrogen (secondary N) is 2. The highest BCUT2D eigenvalue weighted by molar-refractivity contribution is 8.00. The van der Waals surface area contributed by atoms with Gasteiger partial charge in [-0.15, -0.1) is 11.8 Å². The lowest BCUT2D eigenvalue weighted by atomic mass is 10.1. The minimum atomic E-state index is -0.383. The fourth-order valence-corrected chi connectivity index (χ4v) is 3.48.